The molecule has 1 heterocycles. The number of rotatable bonds is 9. The Bertz CT molecular complexity index is 1570. The molecule has 10 heteroatoms. The van der Waals surface area contributed by atoms with Crippen molar-refractivity contribution in [2.24, 2.45) is 5.10 Å². The van der Waals surface area contributed by atoms with Crippen LogP contribution >= 0.6 is 11.6 Å². The lowest BCUT2D eigenvalue weighted by molar-refractivity contribution is 0.0955. The van der Waals surface area contributed by atoms with Crippen molar-refractivity contribution in [3.05, 3.63) is 94.5 Å². The van der Waals surface area contributed by atoms with Crippen molar-refractivity contribution in [2.75, 3.05) is 39.3 Å². The average molecular weight is 575 g/mol. The number of halogens is 1. The van der Waals surface area contributed by atoms with Crippen LogP contribution in [-0.2, 0) is 6.54 Å². The maximum atomic E-state index is 12.4. The van der Waals surface area contributed by atoms with E-state index in [-0.39, 0.29) is 27.8 Å². The molecule has 0 radical (unpaired) electrons. The Balaban J connectivity index is 1.13. The summed E-state index contributed by atoms with van der Waals surface area (Å²) in [6, 6.07) is 20.9. The van der Waals surface area contributed by atoms with Gasteiger partial charge < -0.3 is 20.1 Å². The van der Waals surface area contributed by atoms with Gasteiger partial charge in [0, 0.05) is 55.8 Å². The number of hydrogen-bond acceptors (Lipinski definition) is 8. The lowest BCUT2D eigenvalue weighted by Gasteiger charge is -2.34. The van der Waals surface area contributed by atoms with Gasteiger partial charge in [0.15, 0.2) is 11.5 Å². The summed E-state index contributed by atoms with van der Waals surface area (Å²) >= 11 is 5.89. The zero-order valence-corrected chi connectivity index (χ0v) is 23.1. The summed E-state index contributed by atoms with van der Waals surface area (Å²) in [6.45, 7) is 5.75. The van der Waals surface area contributed by atoms with E-state index in [2.05, 4.69) is 20.3 Å². The highest BCUT2D eigenvalue weighted by atomic mass is 35.5. The fraction of sp³-hybridized carbons (Fsp3) is 0.226. The molecule has 9 nitrogen and oxygen atoms in total. The highest BCUT2D eigenvalue weighted by Crippen LogP contribution is 2.29. The Morgan fingerprint density at radius 1 is 0.878 bits per heavy atom. The predicted molar refractivity (Wildman–Crippen MR) is 159 cm³/mol. The lowest BCUT2D eigenvalue weighted by Crippen LogP contribution is -2.47. The largest absolute Gasteiger partial charge is 0.506 e. The first kappa shape index (κ1) is 28.2. The molecule has 5 rings (SSSR count). The summed E-state index contributed by atoms with van der Waals surface area (Å²) < 4.78 is 6.19. The minimum atomic E-state index is -0.437. The maximum Gasteiger partial charge on any atom is 0.271 e. The number of phenols is 3. The van der Waals surface area contributed by atoms with Gasteiger partial charge in [-0.2, -0.15) is 5.10 Å². The van der Waals surface area contributed by atoms with Crippen molar-refractivity contribution in [3.63, 3.8) is 0 Å². The normalized spacial score (nSPS) is 14.5. The molecule has 1 aliphatic rings. The number of carbonyl (C=O) groups is 1. The van der Waals surface area contributed by atoms with Crippen molar-refractivity contribution in [1.29, 1.82) is 0 Å². The molecule has 1 amide bonds. The van der Waals surface area contributed by atoms with Gasteiger partial charge in [-0.25, -0.2) is 5.43 Å². The minimum absolute atomic E-state index is 0.0886. The van der Waals surface area contributed by atoms with Gasteiger partial charge in [0.25, 0.3) is 5.91 Å². The van der Waals surface area contributed by atoms with Gasteiger partial charge in [-0.05, 0) is 53.4 Å². The minimum Gasteiger partial charge on any atom is -0.506 e. The van der Waals surface area contributed by atoms with E-state index in [1.54, 1.807) is 12.3 Å². The van der Waals surface area contributed by atoms with Crippen LogP contribution in [0, 0.1) is 0 Å². The van der Waals surface area contributed by atoms with Crippen LogP contribution in [0.2, 0.25) is 5.02 Å². The topological polar surface area (TPSA) is 118 Å². The van der Waals surface area contributed by atoms with Crippen LogP contribution in [0.25, 0.3) is 10.8 Å². The molecule has 0 bridgehead atoms. The summed E-state index contributed by atoms with van der Waals surface area (Å²) in [5, 5.41) is 34.9. The number of piperazine rings is 1. The third-order valence-corrected chi connectivity index (χ3v) is 7.38. The number of carbonyl (C=O) groups excluding carboxylic acids is 1. The third kappa shape index (κ3) is 7.07. The fourth-order valence-electron chi connectivity index (χ4n) is 4.79. The van der Waals surface area contributed by atoms with Gasteiger partial charge in [-0.15, -0.1) is 0 Å². The van der Waals surface area contributed by atoms with Crippen molar-refractivity contribution in [3.8, 4) is 23.0 Å². The zero-order valence-electron chi connectivity index (χ0n) is 22.3. The number of nitrogens with one attached hydrogen (secondary N) is 1. The maximum absolute atomic E-state index is 12.4. The van der Waals surface area contributed by atoms with Crippen LogP contribution in [0.4, 0.5) is 0 Å². The number of fused-ring (bicyclic) bond motifs is 1. The molecule has 1 aliphatic heterocycles. The van der Waals surface area contributed by atoms with E-state index in [0.717, 1.165) is 66.9 Å². The number of nitrogens with zero attached hydrogens (tertiary/aromatic N) is 3. The predicted octanol–water partition coefficient (Wildman–Crippen LogP) is 4.57. The number of ether oxygens (including phenoxy) is 1. The van der Waals surface area contributed by atoms with Crippen LogP contribution < -0.4 is 10.2 Å². The molecule has 1 saturated heterocycles. The smallest absolute Gasteiger partial charge is 0.271 e. The van der Waals surface area contributed by atoms with Crippen molar-refractivity contribution in [2.45, 2.75) is 6.54 Å². The molecule has 4 N–H and O–H groups in total. The number of hydrazone groups is 1. The summed E-state index contributed by atoms with van der Waals surface area (Å²) in [5.41, 5.74) is 4.59. The first-order valence-electron chi connectivity index (χ1n) is 13.3. The SMILES string of the molecule is O=C(N/N=C/c1ccc(OCCN2CCN(Cc3ccc(O)c(O)c3)CC2)c2ccccc12)c1ccc(O)c(Cl)c1. The Morgan fingerprint density at radius 2 is 1.61 bits per heavy atom. The Hall–Kier alpha value is -4.31. The molecule has 0 unspecified atom stereocenters. The molecule has 0 aromatic heterocycles. The number of hydrogen-bond donors (Lipinski definition) is 4. The molecule has 0 spiro atoms. The Kier molecular flexibility index (Phi) is 8.88. The summed E-state index contributed by atoms with van der Waals surface area (Å²) in [7, 11) is 0. The molecule has 4 aromatic rings. The summed E-state index contributed by atoms with van der Waals surface area (Å²) in [6.07, 6.45) is 1.59. The number of amides is 1. The van der Waals surface area contributed by atoms with Crippen LogP contribution in [0.3, 0.4) is 0 Å². The quantitative estimate of drug-likeness (QED) is 0.131. The van der Waals surface area contributed by atoms with Gasteiger partial charge in [-0.3, -0.25) is 14.6 Å². The van der Waals surface area contributed by atoms with Gasteiger partial charge in [0.2, 0.25) is 0 Å². The molecule has 41 heavy (non-hydrogen) atoms. The van der Waals surface area contributed by atoms with E-state index in [0.29, 0.717) is 6.61 Å². The van der Waals surface area contributed by atoms with E-state index in [1.807, 2.05) is 42.5 Å². The van der Waals surface area contributed by atoms with E-state index in [4.69, 9.17) is 16.3 Å². The van der Waals surface area contributed by atoms with E-state index in [1.165, 1.54) is 24.3 Å². The average Bonchev–Trinajstić information content (AvgIpc) is 2.98. The monoisotopic (exact) mass is 574 g/mol. The van der Waals surface area contributed by atoms with Crippen LogP contribution in [-0.4, -0.2) is 76.6 Å². The molecule has 0 saturated carbocycles. The highest BCUT2D eigenvalue weighted by Gasteiger charge is 2.17. The first-order valence-corrected chi connectivity index (χ1v) is 13.7. The summed E-state index contributed by atoms with van der Waals surface area (Å²) in [4.78, 5) is 17.1. The molecular weight excluding hydrogens is 544 g/mol. The lowest BCUT2D eigenvalue weighted by atomic mass is 10.0. The van der Waals surface area contributed by atoms with Gasteiger partial charge in [0.1, 0.15) is 18.1 Å². The number of phenolic OH excluding ortho intramolecular Hbond substituents is 3. The number of aromatic hydroxyl groups is 3. The van der Waals surface area contributed by atoms with Crippen molar-refractivity contribution >= 4 is 34.5 Å². The van der Waals surface area contributed by atoms with Crippen molar-refractivity contribution < 1.29 is 24.9 Å². The zero-order chi connectivity index (χ0) is 28.8. The second-order valence-corrected chi connectivity index (χ2v) is 10.3. The van der Waals surface area contributed by atoms with Gasteiger partial charge in [-0.1, -0.05) is 41.9 Å². The van der Waals surface area contributed by atoms with Crippen molar-refractivity contribution in [1.82, 2.24) is 15.2 Å². The second kappa shape index (κ2) is 12.9. The number of benzene rings is 4. The highest BCUT2D eigenvalue weighted by molar-refractivity contribution is 6.32. The van der Waals surface area contributed by atoms with Crippen LogP contribution in [0.5, 0.6) is 23.0 Å². The second-order valence-electron chi connectivity index (χ2n) is 9.85. The van der Waals surface area contributed by atoms with Gasteiger partial charge >= 0.3 is 0 Å². The van der Waals surface area contributed by atoms with E-state index < -0.39 is 5.91 Å². The third-order valence-electron chi connectivity index (χ3n) is 7.07. The molecule has 212 valence electrons. The molecule has 0 aliphatic carbocycles. The van der Waals surface area contributed by atoms with E-state index in [9.17, 15) is 20.1 Å². The Labute approximate surface area is 242 Å². The van der Waals surface area contributed by atoms with Crippen LogP contribution in [0.1, 0.15) is 21.5 Å². The molecule has 0 atom stereocenters. The van der Waals surface area contributed by atoms with E-state index >= 15 is 0 Å². The van der Waals surface area contributed by atoms with Gasteiger partial charge in [0.05, 0.1) is 11.2 Å². The van der Waals surface area contributed by atoms with Crippen LogP contribution in [0.15, 0.2) is 77.9 Å². The molecule has 4 aromatic carbocycles. The standard InChI is InChI=1S/C31H31ClN4O5/c32-26-18-22(6-9-27(26)37)31(40)34-33-19-23-7-10-30(25-4-2-1-3-24(23)25)41-16-15-35-11-13-36(14-12-35)20-21-5-8-28(38)29(39)17-21/h1-10,17-19,37-39H,11-16,20H2,(H,34,40)/b33-19+. The molecule has 1 fully saturated rings. The summed E-state index contributed by atoms with van der Waals surface area (Å²) in [5.74, 6) is 0.0664. The fourth-order valence-corrected chi connectivity index (χ4v) is 4.97. The molecular formula is C31H31ClN4O5. The first-order chi connectivity index (χ1) is 19.9. The Morgan fingerprint density at radius 3 is 2.37 bits per heavy atom.